The van der Waals surface area contributed by atoms with Crippen LogP contribution in [0.4, 0.5) is 10.1 Å². The Kier molecular flexibility index (Phi) is 5.24. The van der Waals surface area contributed by atoms with Crippen LogP contribution in [0, 0.1) is 17.1 Å². The lowest BCUT2D eigenvalue weighted by atomic mass is 9.85. The molecular formula is C22H25FN6O2S. The van der Waals surface area contributed by atoms with Crippen molar-refractivity contribution < 1.29 is 13.7 Å². The van der Waals surface area contributed by atoms with E-state index in [9.17, 15) is 9.35 Å². The van der Waals surface area contributed by atoms with Crippen LogP contribution in [0.2, 0.25) is 0 Å². The zero-order valence-electron chi connectivity index (χ0n) is 18.0. The summed E-state index contributed by atoms with van der Waals surface area (Å²) in [6, 6.07) is 9.14. The van der Waals surface area contributed by atoms with Crippen LogP contribution in [-0.2, 0) is 5.54 Å². The smallest absolute Gasteiger partial charge is 0.274 e. The number of nitrogens with two attached hydrogens (primary N) is 1. The summed E-state index contributed by atoms with van der Waals surface area (Å²) in [4.78, 5) is 21.3. The highest BCUT2D eigenvalue weighted by Crippen LogP contribution is 2.67. The first-order valence-electron chi connectivity index (χ1n) is 10.1. The molecule has 0 saturated carbocycles. The lowest BCUT2D eigenvalue weighted by molar-refractivity contribution is 0.102. The van der Waals surface area contributed by atoms with Crippen LogP contribution < -0.4 is 15.8 Å². The number of halogens is 1. The van der Waals surface area contributed by atoms with Crippen molar-refractivity contribution in [2.24, 2.45) is 10.7 Å². The summed E-state index contributed by atoms with van der Waals surface area (Å²) in [6.07, 6.45) is 1.93. The number of nitriles is 1. The van der Waals surface area contributed by atoms with Crippen LogP contribution >= 0.6 is 10.5 Å². The van der Waals surface area contributed by atoms with Crippen molar-refractivity contribution in [3.8, 4) is 6.07 Å². The molecule has 10 heteroatoms. The van der Waals surface area contributed by atoms with Crippen molar-refractivity contribution in [1.82, 2.24) is 9.71 Å². The fourth-order valence-corrected chi connectivity index (χ4v) is 7.77. The molecule has 0 spiro atoms. The summed E-state index contributed by atoms with van der Waals surface area (Å²) >= 11 is 0. The fourth-order valence-electron chi connectivity index (χ4n) is 4.40. The van der Waals surface area contributed by atoms with E-state index in [4.69, 9.17) is 16.0 Å². The number of nitrogens with one attached hydrogen (secondary N) is 2. The Hall–Kier alpha value is -3.00. The van der Waals surface area contributed by atoms with Gasteiger partial charge in [-0.25, -0.2) is 9.37 Å². The zero-order valence-corrected chi connectivity index (χ0v) is 18.8. The molecular weight excluding hydrogens is 431 g/mol. The van der Waals surface area contributed by atoms with Crippen molar-refractivity contribution in [3.63, 3.8) is 0 Å². The van der Waals surface area contributed by atoms with Gasteiger partial charge in [-0.15, -0.1) is 0 Å². The molecule has 0 bridgehead atoms. The number of nitrogens with zero attached hydrogens (tertiary/aromatic N) is 3. The maximum absolute atomic E-state index is 15.1. The normalized spacial score (nSPS) is 30.4. The molecule has 32 heavy (non-hydrogen) atoms. The number of aliphatic imine (C=N–C) groups is 1. The maximum Gasteiger partial charge on any atom is 0.274 e. The van der Waals surface area contributed by atoms with Gasteiger partial charge >= 0.3 is 0 Å². The number of fused-ring (bicyclic) bond motifs is 1. The van der Waals surface area contributed by atoms with E-state index >= 15 is 4.39 Å². The Labute approximate surface area is 187 Å². The molecule has 0 aliphatic carbocycles. The van der Waals surface area contributed by atoms with E-state index in [0.29, 0.717) is 24.2 Å². The highest BCUT2D eigenvalue weighted by molar-refractivity contribution is 8.29. The third kappa shape index (κ3) is 3.24. The quantitative estimate of drug-likeness (QED) is 0.560. The van der Waals surface area contributed by atoms with Gasteiger partial charge in [0.25, 0.3) is 5.91 Å². The molecule has 168 valence electrons. The molecule has 4 rings (SSSR count). The number of aromatic nitrogens is 1. The zero-order chi connectivity index (χ0) is 23.3. The average Bonchev–Trinajstić information content (AvgIpc) is 3.18. The number of hydrogen-bond acceptors (Lipinski definition) is 7. The van der Waals surface area contributed by atoms with E-state index in [1.165, 1.54) is 36.5 Å². The molecule has 2 aliphatic heterocycles. The minimum absolute atomic E-state index is 0.126. The fraction of sp³-hybridized carbons (Fsp3) is 0.364. The van der Waals surface area contributed by atoms with E-state index < -0.39 is 32.5 Å². The third-order valence-corrected chi connectivity index (χ3v) is 10.3. The predicted molar refractivity (Wildman–Crippen MR) is 123 cm³/mol. The van der Waals surface area contributed by atoms with Gasteiger partial charge in [0.05, 0.1) is 15.6 Å². The van der Waals surface area contributed by atoms with Gasteiger partial charge in [0, 0.05) is 24.0 Å². The van der Waals surface area contributed by atoms with Crippen LogP contribution in [0.25, 0.3) is 0 Å². The van der Waals surface area contributed by atoms with Crippen LogP contribution in [0.1, 0.15) is 48.8 Å². The predicted octanol–water partition coefficient (Wildman–Crippen LogP) is 3.26. The first-order chi connectivity index (χ1) is 15.0. The lowest BCUT2D eigenvalue weighted by Gasteiger charge is -2.56. The largest absolute Gasteiger partial charge is 0.386 e. The van der Waals surface area contributed by atoms with Gasteiger partial charge in [-0.3, -0.25) is 14.5 Å². The van der Waals surface area contributed by atoms with E-state index in [-0.39, 0.29) is 22.3 Å². The summed E-state index contributed by atoms with van der Waals surface area (Å²) in [7, 11) is -2.43. The number of carbonyl (C=O) groups excluding carboxylic acids is 1. The Morgan fingerprint density at radius 2 is 2.12 bits per heavy atom. The molecule has 2 aliphatic rings. The van der Waals surface area contributed by atoms with Crippen LogP contribution in [0.15, 0.2) is 41.5 Å². The molecule has 2 unspecified atom stereocenters. The molecule has 1 saturated heterocycles. The maximum atomic E-state index is 15.1. The van der Waals surface area contributed by atoms with E-state index in [1.54, 1.807) is 6.92 Å². The Morgan fingerprint density at radius 1 is 1.38 bits per heavy atom. The van der Waals surface area contributed by atoms with Crippen molar-refractivity contribution in [3.05, 3.63) is 59.2 Å². The highest BCUT2D eigenvalue weighted by atomic mass is 32.3. The highest BCUT2D eigenvalue weighted by Gasteiger charge is 2.60. The third-order valence-electron chi connectivity index (χ3n) is 6.41. The van der Waals surface area contributed by atoms with Gasteiger partial charge in [-0.1, -0.05) is 10.5 Å². The van der Waals surface area contributed by atoms with Crippen LogP contribution in [-0.4, -0.2) is 37.8 Å². The van der Waals surface area contributed by atoms with Gasteiger partial charge in [0.2, 0.25) is 0 Å². The topological polar surface area (TPSA) is 136 Å². The van der Waals surface area contributed by atoms with Crippen molar-refractivity contribution in [2.75, 3.05) is 11.9 Å². The van der Waals surface area contributed by atoms with Gasteiger partial charge in [-0.2, -0.15) is 5.26 Å². The number of hydrogen-bond donors (Lipinski definition) is 4. The number of benzene rings is 1. The Morgan fingerprint density at radius 3 is 2.78 bits per heavy atom. The van der Waals surface area contributed by atoms with Gasteiger partial charge < -0.3 is 15.6 Å². The minimum Gasteiger partial charge on any atom is -0.386 e. The monoisotopic (exact) mass is 456 g/mol. The second-order valence-electron chi connectivity index (χ2n) is 8.64. The molecule has 1 fully saturated rings. The van der Waals surface area contributed by atoms with Gasteiger partial charge in [0.1, 0.15) is 29.0 Å². The minimum atomic E-state index is -2.43. The van der Waals surface area contributed by atoms with E-state index in [0.717, 1.165) is 0 Å². The standard InChI is InChI=1S/C22H25FN6O2S/c1-21(2)20(25)29-22(3,18-8-9-27-32(18,21)31)15-10-14(5-6-16(15)23)28-19(30)17-7-4-13(11-24)12-26-17/h4-7,10,12,18,27,31H,8-9H2,1-3H3,(H2,25,29)(H,28,30)/t18?,22-/m1/s1. The molecule has 3 atom stereocenters. The van der Waals surface area contributed by atoms with Gasteiger partial charge in [-0.05, 0) is 57.5 Å². The van der Waals surface area contributed by atoms with Crippen LogP contribution in [0.5, 0.6) is 0 Å². The summed E-state index contributed by atoms with van der Waals surface area (Å²) in [5.74, 6) is -0.722. The number of rotatable bonds is 3. The second kappa shape index (κ2) is 7.55. The first kappa shape index (κ1) is 22.2. The summed E-state index contributed by atoms with van der Waals surface area (Å²) in [5, 5.41) is 11.2. The van der Waals surface area contributed by atoms with Crippen molar-refractivity contribution >= 4 is 27.9 Å². The Bertz CT molecular complexity index is 1160. The van der Waals surface area contributed by atoms with Crippen LogP contribution in [0.3, 0.4) is 0 Å². The van der Waals surface area contributed by atoms with Gasteiger partial charge in [0.15, 0.2) is 0 Å². The number of carbonyl (C=O) groups is 1. The molecule has 0 radical (unpaired) electrons. The molecule has 1 aromatic heterocycles. The summed E-state index contributed by atoms with van der Waals surface area (Å²) in [5.41, 5.74) is 6.26. The van der Waals surface area contributed by atoms with E-state index in [1.807, 2.05) is 19.9 Å². The lowest BCUT2D eigenvalue weighted by Crippen LogP contribution is -2.57. The molecule has 1 aromatic carbocycles. The SMILES string of the molecule is CC1(C)C(N)=N[C@](C)(c2cc(NC(=O)c3ccc(C#N)cn3)ccc2F)C2CCNS21O. The molecule has 2 aromatic rings. The summed E-state index contributed by atoms with van der Waals surface area (Å²) < 4.78 is 29.2. The molecule has 1 amide bonds. The number of amidine groups is 1. The molecule has 8 nitrogen and oxygen atoms in total. The number of pyridine rings is 1. The molecule has 3 heterocycles. The number of anilines is 1. The molecule has 5 N–H and O–H groups in total. The number of amides is 1. The Balaban J connectivity index is 1.72. The van der Waals surface area contributed by atoms with E-state index in [2.05, 4.69) is 15.0 Å². The average molecular weight is 457 g/mol. The first-order valence-corrected chi connectivity index (χ1v) is 11.8. The van der Waals surface area contributed by atoms with Crippen molar-refractivity contribution in [2.45, 2.75) is 42.7 Å². The second-order valence-corrected chi connectivity index (χ2v) is 11.8. The summed E-state index contributed by atoms with van der Waals surface area (Å²) in [6.45, 7) is 6.06. The van der Waals surface area contributed by atoms with Crippen molar-refractivity contribution in [1.29, 1.82) is 5.26 Å².